The molecule has 0 radical (unpaired) electrons. The Morgan fingerprint density at radius 3 is 2.61 bits per heavy atom. The molecule has 2 heterocycles. The smallest absolute Gasteiger partial charge is 0.266 e. The maximum Gasteiger partial charge on any atom is 0.266 e. The van der Waals surface area contributed by atoms with Crippen LogP contribution in [0.4, 0.5) is 0 Å². The molecule has 8 heteroatoms. The van der Waals surface area contributed by atoms with Crippen molar-refractivity contribution in [1.82, 2.24) is 9.55 Å². The lowest BCUT2D eigenvalue weighted by Gasteiger charge is -2.13. The van der Waals surface area contributed by atoms with E-state index in [4.69, 9.17) is 16.0 Å². The van der Waals surface area contributed by atoms with Crippen molar-refractivity contribution in [2.45, 2.75) is 10.9 Å². The molecule has 28 heavy (non-hydrogen) atoms. The zero-order chi connectivity index (χ0) is 19.7. The molecule has 2 aromatic heterocycles. The van der Waals surface area contributed by atoms with Crippen LogP contribution in [0.15, 0.2) is 80.0 Å². The molecule has 140 valence electrons. The van der Waals surface area contributed by atoms with E-state index >= 15 is 0 Å². The third kappa shape index (κ3) is 3.54. The van der Waals surface area contributed by atoms with Crippen LogP contribution in [0.3, 0.4) is 0 Å². The highest BCUT2D eigenvalue weighted by atomic mass is 35.5. The highest BCUT2D eigenvalue weighted by Crippen LogP contribution is 2.25. The zero-order valence-electron chi connectivity index (χ0n) is 14.3. The van der Waals surface area contributed by atoms with Crippen LogP contribution in [-0.2, 0) is 5.75 Å². The first-order chi connectivity index (χ1) is 13.5. The van der Waals surface area contributed by atoms with E-state index in [0.29, 0.717) is 32.5 Å². The van der Waals surface area contributed by atoms with Crippen LogP contribution in [0.5, 0.6) is 5.75 Å². The van der Waals surface area contributed by atoms with Gasteiger partial charge in [0.2, 0.25) is 5.43 Å². The van der Waals surface area contributed by atoms with Crippen LogP contribution < -0.4 is 11.0 Å². The average molecular weight is 413 g/mol. The van der Waals surface area contributed by atoms with Gasteiger partial charge in [0, 0.05) is 11.1 Å². The second kappa shape index (κ2) is 7.53. The lowest BCUT2D eigenvalue weighted by Crippen LogP contribution is -2.21. The number of hydrogen-bond donors (Lipinski definition) is 1. The normalized spacial score (nSPS) is 11.0. The zero-order valence-corrected chi connectivity index (χ0v) is 15.9. The highest BCUT2D eigenvalue weighted by molar-refractivity contribution is 7.98. The topological polar surface area (TPSA) is 85.3 Å². The predicted octanol–water partition coefficient (Wildman–Crippen LogP) is 3.99. The summed E-state index contributed by atoms with van der Waals surface area (Å²) in [7, 11) is 0. The molecule has 4 aromatic rings. The van der Waals surface area contributed by atoms with E-state index in [0.717, 1.165) is 6.26 Å². The molecule has 2 aromatic carbocycles. The van der Waals surface area contributed by atoms with E-state index in [1.165, 1.54) is 22.4 Å². The first kappa shape index (κ1) is 18.3. The Labute approximate surface area is 168 Å². The van der Waals surface area contributed by atoms with Crippen molar-refractivity contribution in [3.63, 3.8) is 0 Å². The molecule has 0 fully saturated rings. The first-order valence-corrected chi connectivity index (χ1v) is 9.60. The van der Waals surface area contributed by atoms with Crippen LogP contribution in [0, 0.1) is 0 Å². The third-order valence-corrected chi connectivity index (χ3v) is 5.25. The Balaban J connectivity index is 1.82. The molecule has 0 unspecified atom stereocenters. The van der Waals surface area contributed by atoms with E-state index in [2.05, 4.69) is 4.98 Å². The van der Waals surface area contributed by atoms with Gasteiger partial charge in [0.1, 0.15) is 12.0 Å². The third-order valence-electron chi connectivity index (χ3n) is 4.04. The number of benzene rings is 2. The van der Waals surface area contributed by atoms with E-state index < -0.39 is 11.2 Å². The summed E-state index contributed by atoms with van der Waals surface area (Å²) in [6.07, 6.45) is 0.998. The molecule has 0 saturated carbocycles. The summed E-state index contributed by atoms with van der Waals surface area (Å²) in [4.78, 5) is 29.3. The van der Waals surface area contributed by atoms with Gasteiger partial charge in [0.25, 0.3) is 5.56 Å². The Kier molecular flexibility index (Phi) is 4.93. The fraction of sp³-hybridized carbons (Fsp3) is 0.0500. The van der Waals surface area contributed by atoms with E-state index in [-0.39, 0.29) is 11.3 Å². The van der Waals surface area contributed by atoms with Gasteiger partial charge in [-0.2, -0.15) is 0 Å². The van der Waals surface area contributed by atoms with Crippen molar-refractivity contribution in [3.8, 4) is 11.4 Å². The molecule has 6 nitrogen and oxygen atoms in total. The molecule has 0 aliphatic rings. The molecule has 0 atom stereocenters. The van der Waals surface area contributed by atoms with Gasteiger partial charge in [-0.3, -0.25) is 14.2 Å². The lowest BCUT2D eigenvalue weighted by atomic mass is 10.2. The maximum atomic E-state index is 13.1. The SMILES string of the molecule is O=c1cc(CSc2nc3ccccc3c(=O)n2-c2ccc(Cl)cc2)occ1O. The minimum atomic E-state index is -0.525. The molecule has 0 aliphatic carbocycles. The predicted molar refractivity (Wildman–Crippen MR) is 109 cm³/mol. The van der Waals surface area contributed by atoms with Crippen molar-refractivity contribution in [2.24, 2.45) is 0 Å². The Morgan fingerprint density at radius 2 is 1.86 bits per heavy atom. The molecule has 0 saturated heterocycles. The molecule has 4 rings (SSSR count). The number of halogens is 1. The summed E-state index contributed by atoms with van der Waals surface area (Å²) >= 11 is 7.22. The number of hydrogen-bond acceptors (Lipinski definition) is 6. The van der Waals surface area contributed by atoms with Gasteiger partial charge >= 0.3 is 0 Å². The van der Waals surface area contributed by atoms with Gasteiger partial charge in [0.15, 0.2) is 10.9 Å². The van der Waals surface area contributed by atoms with Gasteiger partial charge in [-0.15, -0.1) is 0 Å². The van der Waals surface area contributed by atoms with Crippen LogP contribution >= 0.6 is 23.4 Å². The van der Waals surface area contributed by atoms with Crippen LogP contribution in [0.1, 0.15) is 5.76 Å². The number of rotatable bonds is 4. The van der Waals surface area contributed by atoms with E-state index in [1.807, 2.05) is 6.07 Å². The number of fused-ring (bicyclic) bond motifs is 1. The van der Waals surface area contributed by atoms with Gasteiger partial charge in [0.05, 0.1) is 22.3 Å². The maximum absolute atomic E-state index is 13.1. The quantitative estimate of drug-likeness (QED) is 0.403. The number of aromatic hydroxyl groups is 1. The summed E-state index contributed by atoms with van der Waals surface area (Å²) < 4.78 is 6.74. The Morgan fingerprint density at radius 1 is 1.11 bits per heavy atom. The summed E-state index contributed by atoms with van der Waals surface area (Å²) in [6, 6.07) is 15.2. The largest absolute Gasteiger partial charge is 0.502 e. The van der Waals surface area contributed by atoms with Crippen LogP contribution in [-0.4, -0.2) is 14.7 Å². The van der Waals surface area contributed by atoms with Crippen molar-refractivity contribution >= 4 is 34.3 Å². The van der Waals surface area contributed by atoms with Crippen LogP contribution in [0.2, 0.25) is 5.02 Å². The number of thioether (sulfide) groups is 1. The van der Waals surface area contributed by atoms with Crippen molar-refractivity contribution in [3.05, 3.63) is 92.2 Å². The minimum absolute atomic E-state index is 0.206. The van der Waals surface area contributed by atoms with Gasteiger partial charge in [-0.1, -0.05) is 35.5 Å². The highest BCUT2D eigenvalue weighted by Gasteiger charge is 2.14. The van der Waals surface area contributed by atoms with Gasteiger partial charge in [-0.25, -0.2) is 4.98 Å². The molecular formula is C20H13ClN2O4S. The Hall–Kier alpha value is -3.03. The molecule has 0 aliphatic heterocycles. The summed E-state index contributed by atoms with van der Waals surface area (Å²) in [5.74, 6) is 0.168. The number of nitrogens with zero attached hydrogens (tertiary/aromatic N) is 2. The summed E-state index contributed by atoms with van der Waals surface area (Å²) in [5, 5.41) is 10.8. The van der Waals surface area contributed by atoms with Gasteiger partial charge in [-0.05, 0) is 36.4 Å². The Bertz CT molecular complexity index is 1280. The average Bonchev–Trinajstić information content (AvgIpc) is 2.70. The molecule has 0 amide bonds. The minimum Gasteiger partial charge on any atom is -0.502 e. The standard InChI is InChI=1S/C20H13ClN2O4S/c21-12-5-7-13(8-6-12)23-19(26)15-3-1-2-4-16(15)22-20(23)28-11-14-9-17(24)18(25)10-27-14/h1-10,25H,11H2. The number of para-hydroxylation sites is 1. The second-order valence-electron chi connectivity index (χ2n) is 5.91. The lowest BCUT2D eigenvalue weighted by molar-refractivity contribution is 0.419. The first-order valence-electron chi connectivity index (χ1n) is 8.24. The molecule has 1 N–H and O–H groups in total. The molecule has 0 bridgehead atoms. The fourth-order valence-electron chi connectivity index (χ4n) is 2.68. The van der Waals surface area contributed by atoms with Crippen molar-refractivity contribution in [2.75, 3.05) is 0 Å². The molecule has 0 spiro atoms. The molecular weight excluding hydrogens is 400 g/mol. The summed E-state index contributed by atoms with van der Waals surface area (Å²) in [6.45, 7) is 0. The van der Waals surface area contributed by atoms with E-state index in [1.54, 1.807) is 42.5 Å². The van der Waals surface area contributed by atoms with Gasteiger partial charge < -0.3 is 9.52 Å². The number of aromatic nitrogens is 2. The van der Waals surface area contributed by atoms with Crippen molar-refractivity contribution in [1.29, 1.82) is 0 Å². The monoisotopic (exact) mass is 412 g/mol. The second-order valence-corrected chi connectivity index (χ2v) is 7.29. The van der Waals surface area contributed by atoms with E-state index in [9.17, 15) is 14.7 Å². The van der Waals surface area contributed by atoms with Crippen LogP contribution in [0.25, 0.3) is 16.6 Å². The fourth-order valence-corrected chi connectivity index (χ4v) is 3.71. The van der Waals surface area contributed by atoms with Crippen molar-refractivity contribution < 1.29 is 9.52 Å². The summed E-state index contributed by atoms with van der Waals surface area (Å²) in [5.41, 5.74) is 0.473.